The Bertz CT molecular complexity index is 5020. The zero-order chi connectivity index (χ0) is 57.8. The summed E-state index contributed by atoms with van der Waals surface area (Å²) in [7, 11) is 0. The first-order valence-corrected chi connectivity index (χ1v) is 30.7. The van der Waals surface area contributed by atoms with Gasteiger partial charge in [0.2, 0.25) is 0 Å². The molecule has 0 spiro atoms. The first-order valence-electron chi connectivity index (χ1n) is 30.7. The first-order chi connectivity index (χ1) is 43.7. The van der Waals surface area contributed by atoms with Crippen LogP contribution in [0.1, 0.15) is 0 Å². The molecule has 18 rings (SSSR count). The molecule has 0 aromatic heterocycles. The quantitative estimate of drug-likeness (QED) is 0.135. The molecule has 0 heteroatoms. The lowest BCUT2D eigenvalue weighted by Gasteiger charge is -2.22. The van der Waals surface area contributed by atoms with Crippen molar-refractivity contribution in [2.24, 2.45) is 0 Å². The van der Waals surface area contributed by atoms with Crippen molar-refractivity contribution >= 4 is 43.1 Å². The lowest BCUT2D eigenvalue weighted by atomic mass is 9.80. The molecule has 0 fully saturated rings. The van der Waals surface area contributed by atoms with Crippen molar-refractivity contribution in [3.05, 3.63) is 328 Å². The van der Waals surface area contributed by atoms with E-state index >= 15 is 0 Å². The Morgan fingerprint density at radius 2 is 0.307 bits per heavy atom. The fourth-order valence-electron chi connectivity index (χ4n) is 15.3. The molecular formula is C88H54. The molecule has 0 unspecified atom stereocenters. The maximum Gasteiger partial charge on any atom is -0.000740 e. The van der Waals surface area contributed by atoms with E-state index in [1.165, 1.54) is 188 Å². The molecule has 406 valence electrons. The van der Waals surface area contributed by atoms with Crippen molar-refractivity contribution < 1.29 is 0 Å². The summed E-state index contributed by atoms with van der Waals surface area (Å²) in [4.78, 5) is 0. The van der Waals surface area contributed by atoms with Gasteiger partial charge in [-0.15, -0.1) is 0 Å². The molecule has 0 saturated heterocycles. The molecule has 0 amide bonds. The van der Waals surface area contributed by atoms with Gasteiger partial charge in [-0.05, 0) is 200 Å². The van der Waals surface area contributed by atoms with E-state index in [2.05, 4.69) is 328 Å². The van der Waals surface area contributed by atoms with E-state index in [-0.39, 0.29) is 0 Å². The van der Waals surface area contributed by atoms with Crippen LogP contribution in [-0.4, -0.2) is 0 Å². The molecule has 0 radical (unpaired) electrons. The Kier molecular flexibility index (Phi) is 11.4. The van der Waals surface area contributed by atoms with Gasteiger partial charge in [0.1, 0.15) is 0 Å². The van der Waals surface area contributed by atoms with Crippen LogP contribution in [0.25, 0.3) is 188 Å². The number of fused-ring (bicyclic) bond motifs is 8. The predicted molar refractivity (Wildman–Crippen MR) is 374 cm³/mol. The minimum absolute atomic E-state index is 1.17. The van der Waals surface area contributed by atoms with Gasteiger partial charge in [-0.3, -0.25) is 0 Å². The van der Waals surface area contributed by atoms with Crippen molar-refractivity contribution in [1.82, 2.24) is 0 Å². The summed E-state index contributed by atoms with van der Waals surface area (Å²) in [5, 5.41) is 10.1. The van der Waals surface area contributed by atoms with Gasteiger partial charge in [0.05, 0.1) is 0 Å². The van der Waals surface area contributed by atoms with Crippen LogP contribution in [0.15, 0.2) is 328 Å². The minimum Gasteiger partial charge on any atom is -0.0622 e. The van der Waals surface area contributed by atoms with Crippen molar-refractivity contribution in [2.75, 3.05) is 0 Å². The van der Waals surface area contributed by atoms with Crippen molar-refractivity contribution in [3.63, 3.8) is 0 Å². The SMILES string of the molecule is c1ccc(-c2c3c(c(-c4ccccc4)c4cc(-c5ccc6c(-c7ccccc7)c7c(c(-c8ccccc8)c6c5)-c5ccc(-c6ccccc6)c6c(-c8ccccc8)ccc-7c56)ccc24)-c2ccc(-c4ccccc4)c4c(-c5ccccc5)ccc-3c24)cc1. The Hall–Kier alpha value is -11.4. The highest BCUT2D eigenvalue weighted by molar-refractivity contribution is 6.33. The van der Waals surface area contributed by atoms with Gasteiger partial charge in [-0.2, -0.15) is 0 Å². The maximum absolute atomic E-state index is 2.51. The molecule has 0 atom stereocenters. The van der Waals surface area contributed by atoms with Gasteiger partial charge in [-0.25, -0.2) is 0 Å². The summed E-state index contributed by atoms with van der Waals surface area (Å²) in [6, 6.07) is 122. The highest BCUT2D eigenvalue weighted by Gasteiger charge is 2.35. The van der Waals surface area contributed by atoms with Crippen LogP contribution in [-0.2, 0) is 0 Å². The van der Waals surface area contributed by atoms with Gasteiger partial charge in [0.15, 0.2) is 0 Å². The first kappa shape index (κ1) is 49.9. The average molecular weight is 1110 g/mol. The second-order valence-corrected chi connectivity index (χ2v) is 23.6. The molecule has 0 heterocycles. The topological polar surface area (TPSA) is 0 Å². The van der Waals surface area contributed by atoms with E-state index < -0.39 is 0 Å². The third-order valence-electron chi connectivity index (χ3n) is 18.9. The molecule has 16 aromatic rings. The van der Waals surface area contributed by atoms with Crippen molar-refractivity contribution in [3.8, 4) is 145 Å². The van der Waals surface area contributed by atoms with E-state index in [1.807, 2.05) is 0 Å². The number of hydrogen-bond acceptors (Lipinski definition) is 0. The zero-order valence-electron chi connectivity index (χ0n) is 48.2. The van der Waals surface area contributed by atoms with Gasteiger partial charge >= 0.3 is 0 Å². The molecule has 2 aliphatic rings. The summed E-state index contributed by atoms with van der Waals surface area (Å²) in [5.41, 5.74) is 32.2. The lowest BCUT2D eigenvalue weighted by Crippen LogP contribution is -1.95. The molecular weight excluding hydrogens is 1060 g/mol. The zero-order valence-corrected chi connectivity index (χ0v) is 48.2. The molecule has 0 saturated carbocycles. The molecule has 0 nitrogen and oxygen atoms in total. The lowest BCUT2D eigenvalue weighted by molar-refractivity contribution is 1.60. The number of hydrogen-bond donors (Lipinski definition) is 0. The normalized spacial score (nSPS) is 11.9. The molecule has 0 N–H and O–H groups in total. The van der Waals surface area contributed by atoms with Crippen LogP contribution in [0.4, 0.5) is 0 Å². The van der Waals surface area contributed by atoms with Gasteiger partial charge in [0, 0.05) is 0 Å². The standard InChI is InChI=1S/C88H54/c1-9-25-55(26-10-1)65-45-49-71-83-73(51-47-67(81(65)83)57-29-13-3-14-30-57)87-79(61-37-21-7-22-38-61)75-53-63(41-43-69(75)77(85(71)87)59-33-17-5-18-34-59)64-42-44-70-76(54-64)80(62-39-23-8-24-40-62)88-74-52-48-68(58-31-15-4-16-32-58)82-66(56-27-11-2-12-28-56)46-50-72(84(74)82)86(88)78(70)60-35-19-6-20-36-60/h1-54H. The van der Waals surface area contributed by atoms with Crippen LogP contribution < -0.4 is 0 Å². The summed E-state index contributed by atoms with van der Waals surface area (Å²) in [5.74, 6) is 0. The largest absolute Gasteiger partial charge is 0.0622 e. The summed E-state index contributed by atoms with van der Waals surface area (Å²) < 4.78 is 0. The van der Waals surface area contributed by atoms with E-state index in [9.17, 15) is 0 Å². The van der Waals surface area contributed by atoms with Crippen LogP contribution in [0, 0.1) is 0 Å². The predicted octanol–water partition coefficient (Wildman–Crippen LogP) is 24.6. The highest BCUT2D eigenvalue weighted by atomic mass is 14.4. The second-order valence-electron chi connectivity index (χ2n) is 23.6. The number of benzene rings is 16. The van der Waals surface area contributed by atoms with E-state index in [0.717, 1.165) is 0 Å². The molecule has 0 bridgehead atoms. The summed E-state index contributed by atoms with van der Waals surface area (Å²) >= 11 is 0. The monoisotopic (exact) mass is 1110 g/mol. The Morgan fingerprint density at radius 1 is 0.114 bits per heavy atom. The van der Waals surface area contributed by atoms with Crippen molar-refractivity contribution in [2.45, 2.75) is 0 Å². The third-order valence-corrected chi connectivity index (χ3v) is 18.9. The molecule has 16 aromatic carbocycles. The fourth-order valence-corrected chi connectivity index (χ4v) is 15.3. The van der Waals surface area contributed by atoms with Gasteiger partial charge < -0.3 is 0 Å². The molecule has 88 heavy (non-hydrogen) atoms. The van der Waals surface area contributed by atoms with Gasteiger partial charge in [0.25, 0.3) is 0 Å². The summed E-state index contributed by atoms with van der Waals surface area (Å²) in [6.45, 7) is 0. The maximum atomic E-state index is 2.51. The van der Waals surface area contributed by atoms with Crippen LogP contribution in [0.3, 0.4) is 0 Å². The third kappa shape index (κ3) is 7.59. The Labute approximate surface area is 512 Å². The van der Waals surface area contributed by atoms with E-state index in [1.54, 1.807) is 0 Å². The van der Waals surface area contributed by atoms with Crippen LogP contribution in [0.5, 0.6) is 0 Å². The second kappa shape index (κ2) is 20.1. The Balaban J connectivity index is 0.936. The summed E-state index contributed by atoms with van der Waals surface area (Å²) in [6.07, 6.45) is 0. The fraction of sp³-hybridized carbons (Fsp3) is 0. The highest BCUT2D eigenvalue weighted by Crippen LogP contribution is 2.62. The average Bonchev–Trinajstić information content (AvgIpc) is 1.60. The van der Waals surface area contributed by atoms with Crippen LogP contribution >= 0.6 is 0 Å². The Morgan fingerprint density at radius 3 is 0.545 bits per heavy atom. The minimum atomic E-state index is 1.17. The van der Waals surface area contributed by atoms with Gasteiger partial charge in [-0.1, -0.05) is 315 Å². The van der Waals surface area contributed by atoms with E-state index in [0.29, 0.717) is 0 Å². The van der Waals surface area contributed by atoms with Crippen LogP contribution in [0.2, 0.25) is 0 Å². The van der Waals surface area contributed by atoms with E-state index in [4.69, 9.17) is 0 Å². The molecule has 0 aliphatic heterocycles. The van der Waals surface area contributed by atoms with Crippen molar-refractivity contribution in [1.29, 1.82) is 0 Å². The molecule has 2 aliphatic carbocycles. The smallest absolute Gasteiger partial charge is 0.000740 e. The number of rotatable bonds is 9.